The Morgan fingerprint density at radius 2 is 1.91 bits per heavy atom. The molecular weight excluding hydrogens is 310 g/mol. The average molecular weight is 333 g/mol. The minimum absolute atomic E-state index is 0.0415. The minimum atomic E-state index is 0.0415. The maximum Gasteiger partial charge on any atom is 0.230 e. The second-order valence-electron chi connectivity index (χ2n) is 5.16. The molecule has 6 nitrogen and oxygen atoms in total. The zero-order valence-electron chi connectivity index (χ0n) is 13.8. The number of pyridine rings is 1. The molecule has 0 bridgehead atoms. The molecule has 2 heterocycles. The smallest absolute Gasteiger partial charge is 0.230 e. The summed E-state index contributed by atoms with van der Waals surface area (Å²) in [5.74, 6) is 1.20. The molecule has 0 aliphatic carbocycles. The first-order chi connectivity index (χ1) is 11.2. The molecule has 0 saturated heterocycles. The largest absolute Gasteiger partial charge is 0.353 e. The number of carbonyl (C=O) groups is 1. The van der Waals surface area contributed by atoms with Gasteiger partial charge in [-0.05, 0) is 31.9 Å². The summed E-state index contributed by atoms with van der Waals surface area (Å²) in [5, 5.41) is 12.3. The van der Waals surface area contributed by atoms with Crippen molar-refractivity contribution < 1.29 is 4.79 Å². The van der Waals surface area contributed by atoms with Crippen LogP contribution in [0, 0.1) is 0 Å². The van der Waals surface area contributed by atoms with E-state index in [1.165, 1.54) is 11.8 Å². The minimum Gasteiger partial charge on any atom is -0.353 e. The van der Waals surface area contributed by atoms with Gasteiger partial charge in [0.05, 0.1) is 5.75 Å². The van der Waals surface area contributed by atoms with E-state index >= 15 is 0 Å². The highest BCUT2D eigenvalue weighted by Crippen LogP contribution is 2.23. The Balaban J connectivity index is 2.04. The zero-order valence-corrected chi connectivity index (χ0v) is 14.6. The van der Waals surface area contributed by atoms with Crippen LogP contribution in [0.1, 0.15) is 33.6 Å². The van der Waals surface area contributed by atoms with Gasteiger partial charge in [-0.25, -0.2) is 0 Å². The molecule has 2 rings (SSSR count). The van der Waals surface area contributed by atoms with Crippen LogP contribution >= 0.6 is 11.8 Å². The zero-order chi connectivity index (χ0) is 16.7. The molecule has 124 valence electrons. The molecule has 23 heavy (non-hydrogen) atoms. The van der Waals surface area contributed by atoms with Crippen molar-refractivity contribution >= 4 is 17.7 Å². The number of nitrogens with zero attached hydrogens (tertiary/aromatic N) is 4. The number of hydrogen-bond donors (Lipinski definition) is 1. The highest BCUT2D eigenvalue weighted by molar-refractivity contribution is 7.99. The Morgan fingerprint density at radius 3 is 2.52 bits per heavy atom. The Hall–Kier alpha value is -1.89. The first kappa shape index (κ1) is 17.5. The molecule has 0 aromatic carbocycles. The number of amides is 1. The van der Waals surface area contributed by atoms with Gasteiger partial charge in [-0.2, -0.15) is 0 Å². The Morgan fingerprint density at radius 1 is 1.22 bits per heavy atom. The first-order valence-electron chi connectivity index (χ1n) is 7.95. The van der Waals surface area contributed by atoms with E-state index in [1.807, 2.05) is 23.6 Å². The average Bonchev–Trinajstić information content (AvgIpc) is 3.01. The van der Waals surface area contributed by atoms with E-state index in [0.29, 0.717) is 5.75 Å². The standard InChI is InChI=1S/C16H23N5OS/c1-4-13(5-2)18-14(22)11-23-16-20-19-15(21(16)6-3)12-7-9-17-10-8-12/h7-10,13H,4-6,11H2,1-3H3,(H,18,22). The molecule has 0 fully saturated rings. The van der Waals surface area contributed by atoms with Gasteiger partial charge >= 0.3 is 0 Å². The summed E-state index contributed by atoms with van der Waals surface area (Å²) in [4.78, 5) is 16.0. The quantitative estimate of drug-likeness (QED) is 0.752. The number of nitrogens with one attached hydrogen (secondary N) is 1. The maximum absolute atomic E-state index is 12.0. The molecule has 2 aromatic rings. The van der Waals surface area contributed by atoms with Crippen molar-refractivity contribution in [3.05, 3.63) is 24.5 Å². The highest BCUT2D eigenvalue weighted by Gasteiger charge is 2.15. The van der Waals surface area contributed by atoms with Gasteiger partial charge in [-0.1, -0.05) is 25.6 Å². The van der Waals surface area contributed by atoms with E-state index in [2.05, 4.69) is 34.3 Å². The Labute approximate surface area is 141 Å². The van der Waals surface area contributed by atoms with Gasteiger partial charge in [-0.3, -0.25) is 9.78 Å². The number of hydrogen-bond acceptors (Lipinski definition) is 5. The maximum atomic E-state index is 12.0. The topological polar surface area (TPSA) is 72.7 Å². The van der Waals surface area contributed by atoms with Crippen molar-refractivity contribution in [1.82, 2.24) is 25.1 Å². The van der Waals surface area contributed by atoms with Gasteiger partial charge in [0.15, 0.2) is 11.0 Å². The molecule has 0 spiro atoms. The summed E-state index contributed by atoms with van der Waals surface area (Å²) >= 11 is 1.42. The van der Waals surface area contributed by atoms with Crippen molar-refractivity contribution in [3.8, 4) is 11.4 Å². The molecule has 7 heteroatoms. The summed E-state index contributed by atoms with van der Waals surface area (Å²) in [7, 11) is 0. The number of aromatic nitrogens is 4. The van der Waals surface area contributed by atoms with Crippen molar-refractivity contribution in [2.45, 2.75) is 51.4 Å². The molecule has 0 atom stereocenters. The van der Waals surface area contributed by atoms with Crippen LogP contribution in [-0.2, 0) is 11.3 Å². The Kier molecular flexibility index (Phi) is 6.58. The van der Waals surface area contributed by atoms with Crippen LogP contribution in [0.5, 0.6) is 0 Å². The third-order valence-corrected chi connectivity index (χ3v) is 4.62. The predicted octanol–water partition coefficient (Wildman–Crippen LogP) is 2.76. The molecule has 0 unspecified atom stereocenters. The van der Waals surface area contributed by atoms with Crippen molar-refractivity contribution in [1.29, 1.82) is 0 Å². The van der Waals surface area contributed by atoms with E-state index in [-0.39, 0.29) is 11.9 Å². The molecule has 0 aliphatic rings. The van der Waals surface area contributed by atoms with E-state index in [9.17, 15) is 4.79 Å². The lowest BCUT2D eigenvalue weighted by atomic mass is 10.2. The van der Waals surface area contributed by atoms with Crippen LogP contribution in [0.4, 0.5) is 0 Å². The molecular formula is C16H23N5OS. The van der Waals surface area contributed by atoms with Gasteiger partial charge < -0.3 is 9.88 Å². The fourth-order valence-electron chi connectivity index (χ4n) is 2.29. The summed E-state index contributed by atoms with van der Waals surface area (Å²) in [5.41, 5.74) is 0.975. The third-order valence-electron chi connectivity index (χ3n) is 3.65. The fourth-order valence-corrected chi connectivity index (χ4v) is 3.10. The first-order valence-corrected chi connectivity index (χ1v) is 8.93. The number of rotatable bonds is 8. The second-order valence-corrected chi connectivity index (χ2v) is 6.10. The molecule has 0 aliphatic heterocycles. The molecule has 2 aromatic heterocycles. The molecule has 1 amide bonds. The lowest BCUT2D eigenvalue weighted by Crippen LogP contribution is -2.35. The second kappa shape index (κ2) is 8.67. The van der Waals surface area contributed by atoms with E-state index in [1.54, 1.807) is 12.4 Å². The van der Waals surface area contributed by atoms with Crippen molar-refractivity contribution in [2.24, 2.45) is 0 Å². The van der Waals surface area contributed by atoms with Crippen LogP contribution in [0.3, 0.4) is 0 Å². The fraction of sp³-hybridized carbons (Fsp3) is 0.500. The Bertz CT molecular complexity index is 625. The molecule has 1 N–H and O–H groups in total. The summed E-state index contributed by atoms with van der Waals surface area (Å²) < 4.78 is 2.02. The summed E-state index contributed by atoms with van der Waals surface area (Å²) in [6, 6.07) is 4.06. The molecule has 0 radical (unpaired) electrons. The monoisotopic (exact) mass is 333 g/mol. The van der Waals surface area contributed by atoms with Crippen LogP contribution in [0.25, 0.3) is 11.4 Å². The van der Waals surface area contributed by atoms with Crippen LogP contribution in [-0.4, -0.2) is 37.5 Å². The molecule has 0 saturated carbocycles. The van der Waals surface area contributed by atoms with Gasteiger partial charge in [0, 0.05) is 30.5 Å². The highest BCUT2D eigenvalue weighted by atomic mass is 32.2. The number of thioether (sulfide) groups is 1. The van der Waals surface area contributed by atoms with Gasteiger partial charge in [-0.15, -0.1) is 10.2 Å². The predicted molar refractivity (Wildman–Crippen MR) is 92.2 cm³/mol. The normalized spacial score (nSPS) is 11.0. The van der Waals surface area contributed by atoms with E-state index < -0.39 is 0 Å². The van der Waals surface area contributed by atoms with Crippen LogP contribution in [0.15, 0.2) is 29.7 Å². The summed E-state index contributed by atoms with van der Waals surface area (Å²) in [6.07, 6.45) is 5.37. The summed E-state index contributed by atoms with van der Waals surface area (Å²) in [6.45, 7) is 6.95. The lowest BCUT2D eigenvalue weighted by Gasteiger charge is -2.14. The van der Waals surface area contributed by atoms with Crippen LogP contribution in [0.2, 0.25) is 0 Å². The lowest BCUT2D eigenvalue weighted by molar-refractivity contribution is -0.119. The van der Waals surface area contributed by atoms with Gasteiger partial charge in [0.2, 0.25) is 5.91 Å². The van der Waals surface area contributed by atoms with E-state index in [4.69, 9.17) is 0 Å². The van der Waals surface area contributed by atoms with Gasteiger partial charge in [0.1, 0.15) is 0 Å². The van der Waals surface area contributed by atoms with E-state index in [0.717, 1.165) is 35.9 Å². The number of carbonyl (C=O) groups excluding carboxylic acids is 1. The van der Waals surface area contributed by atoms with Crippen LogP contribution < -0.4 is 5.32 Å². The third kappa shape index (κ3) is 4.54. The SMILES string of the molecule is CCC(CC)NC(=O)CSc1nnc(-c2ccncc2)n1CC. The van der Waals surface area contributed by atoms with Gasteiger partial charge in [0.25, 0.3) is 0 Å². The van der Waals surface area contributed by atoms with Crippen molar-refractivity contribution in [3.63, 3.8) is 0 Å². The van der Waals surface area contributed by atoms with Crippen molar-refractivity contribution in [2.75, 3.05) is 5.75 Å².